The van der Waals surface area contributed by atoms with Crippen LogP contribution in [0, 0.1) is 0 Å². The first-order valence-corrected chi connectivity index (χ1v) is 6.46. The molecule has 0 aromatic heterocycles. The van der Waals surface area contributed by atoms with Gasteiger partial charge in [0.2, 0.25) is 0 Å². The molecule has 0 heterocycles. The Kier molecular flexibility index (Phi) is 3.91. The Labute approximate surface area is 118 Å². The minimum absolute atomic E-state index is 0.448. The zero-order chi connectivity index (χ0) is 14.8. The van der Waals surface area contributed by atoms with E-state index in [2.05, 4.69) is 6.58 Å². The van der Waals surface area contributed by atoms with Gasteiger partial charge in [0.25, 0.3) is 0 Å². The van der Waals surface area contributed by atoms with Crippen molar-refractivity contribution in [1.29, 1.82) is 0 Å². The topological polar surface area (TPSA) is 46.5 Å². The van der Waals surface area contributed by atoms with Gasteiger partial charge in [-0.15, -0.1) is 0 Å². The Morgan fingerprint density at radius 1 is 1.30 bits per heavy atom. The summed E-state index contributed by atoms with van der Waals surface area (Å²) in [6.07, 6.45) is 0.650. The van der Waals surface area contributed by atoms with E-state index in [1.807, 2.05) is 42.5 Å². The quantitative estimate of drug-likeness (QED) is 0.685. The van der Waals surface area contributed by atoms with E-state index in [1.165, 1.54) is 13.0 Å². The second-order valence-corrected chi connectivity index (χ2v) is 4.98. The standard InChI is InChI=1S/C17H18O3/c1-4-16(20-12(2)18)17(3,19)15-10-9-13-7-5-6-8-14(13)11-15/h4-11,16,19H,1H2,2-3H3/t16-,17-/m1/s1. The predicted octanol–water partition coefficient (Wildman–Crippen LogP) is 3.17. The van der Waals surface area contributed by atoms with Gasteiger partial charge in [-0.25, -0.2) is 0 Å². The van der Waals surface area contributed by atoms with Gasteiger partial charge < -0.3 is 9.84 Å². The van der Waals surface area contributed by atoms with Crippen LogP contribution < -0.4 is 0 Å². The zero-order valence-corrected chi connectivity index (χ0v) is 11.7. The lowest BCUT2D eigenvalue weighted by atomic mass is 9.88. The third kappa shape index (κ3) is 2.73. The largest absolute Gasteiger partial charge is 0.455 e. The Balaban J connectivity index is 2.44. The fourth-order valence-electron chi connectivity index (χ4n) is 2.24. The van der Waals surface area contributed by atoms with E-state index in [1.54, 1.807) is 6.92 Å². The van der Waals surface area contributed by atoms with Crippen molar-refractivity contribution in [1.82, 2.24) is 0 Å². The molecular formula is C17H18O3. The van der Waals surface area contributed by atoms with E-state index < -0.39 is 17.7 Å². The van der Waals surface area contributed by atoms with Crippen LogP contribution in [-0.4, -0.2) is 17.2 Å². The molecule has 0 unspecified atom stereocenters. The zero-order valence-electron chi connectivity index (χ0n) is 11.7. The minimum Gasteiger partial charge on any atom is -0.455 e. The molecule has 0 radical (unpaired) electrons. The third-order valence-corrected chi connectivity index (χ3v) is 3.39. The molecule has 1 N–H and O–H groups in total. The Morgan fingerprint density at radius 2 is 1.95 bits per heavy atom. The smallest absolute Gasteiger partial charge is 0.303 e. The van der Waals surface area contributed by atoms with Crippen LogP contribution in [0.15, 0.2) is 55.1 Å². The van der Waals surface area contributed by atoms with Crippen molar-refractivity contribution in [2.24, 2.45) is 0 Å². The molecule has 0 saturated heterocycles. The highest BCUT2D eigenvalue weighted by atomic mass is 16.6. The molecule has 2 aromatic rings. The van der Waals surface area contributed by atoms with Crippen LogP contribution in [0.2, 0.25) is 0 Å². The van der Waals surface area contributed by atoms with Crippen molar-refractivity contribution in [3.8, 4) is 0 Å². The van der Waals surface area contributed by atoms with E-state index in [0.29, 0.717) is 5.56 Å². The number of carbonyl (C=O) groups excluding carboxylic acids is 1. The molecule has 0 aliphatic rings. The first-order valence-electron chi connectivity index (χ1n) is 6.46. The van der Waals surface area contributed by atoms with Crippen molar-refractivity contribution in [2.75, 3.05) is 0 Å². The first-order chi connectivity index (χ1) is 9.45. The third-order valence-electron chi connectivity index (χ3n) is 3.39. The van der Waals surface area contributed by atoms with Crippen molar-refractivity contribution in [3.63, 3.8) is 0 Å². The summed E-state index contributed by atoms with van der Waals surface area (Å²) in [7, 11) is 0. The molecular weight excluding hydrogens is 252 g/mol. The molecule has 0 spiro atoms. The second-order valence-electron chi connectivity index (χ2n) is 4.98. The van der Waals surface area contributed by atoms with E-state index >= 15 is 0 Å². The Bertz CT molecular complexity index is 643. The van der Waals surface area contributed by atoms with Crippen LogP contribution in [0.25, 0.3) is 10.8 Å². The summed E-state index contributed by atoms with van der Waals surface area (Å²) in [4.78, 5) is 11.1. The van der Waals surface area contributed by atoms with Gasteiger partial charge >= 0.3 is 5.97 Å². The number of esters is 1. The fourth-order valence-corrected chi connectivity index (χ4v) is 2.24. The number of ether oxygens (including phenoxy) is 1. The number of fused-ring (bicyclic) bond motifs is 1. The summed E-state index contributed by atoms with van der Waals surface area (Å²) in [6.45, 7) is 6.56. The van der Waals surface area contributed by atoms with E-state index in [4.69, 9.17) is 4.74 Å². The minimum atomic E-state index is -1.32. The lowest BCUT2D eigenvalue weighted by Gasteiger charge is -2.30. The molecule has 3 nitrogen and oxygen atoms in total. The monoisotopic (exact) mass is 270 g/mol. The van der Waals surface area contributed by atoms with Crippen LogP contribution in [0.4, 0.5) is 0 Å². The highest BCUT2D eigenvalue weighted by molar-refractivity contribution is 5.83. The molecule has 0 amide bonds. The van der Waals surface area contributed by atoms with Crippen molar-refractivity contribution >= 4 is 16.7 Å². The van der Waals surface area contributed by atoms with Gasteiger partial charge in [-0.1, -0.05) is 43.0 Å². The lowest BCUT2D eigenvalue weighted by Crippen LogP contribution is -2.38. The molecule has 2 atom stereocenters. The summed E-state index contributed by atoms with van der Waals surface area (Å²) >= 11 is 0. The number of hydrogen-bond donors (Lipinski definition) is 1. The van der Waals surface area contributed by atoms with Crippen molar-refractivity contribution < 1.29 is 14.6 Å². The molecule has 2 aromatic carbocycles. The number of hydrogen-bond acceptors (Lipinski definition) is 3. The van der Waals surface area contributed by atoms with E-state index in [-0.39, 0.29) is 0 Å². The van der Waals surface area contributed by atoms with Gasteiger partial charge in [-0.05, 0) is 35.4 Å². The predicted molar refractivity (Wildman–Crippen MR) is 79.3 cm³/mol. The summed E-state index contributed by atoms with van der Waals surface area (Å²) in [6, 6.07) is 13.6. The maximum absolute atomic E-state index is 11.1. The van der Waals surface area contributed by atoms with Gasteiger partial charge in [0.05, 0.1) is 0 Å². The highest BCUT2D eigenvalue weighted by Gasteiger charge is 2.34. The molecule has 0 fully saturated rings. The molecule has 0 bridgehead atoms. The fraction of sp³-hybridized carbons (Fsp3) is 0.235. The molecule has 104 valence electrons. The number of aliphatic hydroxyl groups is 1. The Hall–Kier alpha value is -2.13. The normalized spacial score (nSPS) is 15.3. The highest BCUT2D eigenvalue weighted by Crippen LogP contribution is 2.30. The maximum atomic E-state index is 11.1. The number of benzene rings is 2. The van der Waals surface area contributed by atoms with Crippen LogP contribution >= 0.6 is 0 Å². The van der Waals surface area contributed by atoms with E-state index in [0.717, 1.165) is 10.8 Å². The average Bonchev–Trinajstić information content (AvgIpc) is 2.43. The first kappa shape index (κ1) is 14.3. The van der Waals surface area contributed by atoms with Crippen LogP contribution in [-0.2, 0) is 15.1 Å². The van der Waals surface area contributed by atoms with Gasteiger partial charge in [0, 0.05) is 6.92 Å². The summed E-state index contributed by atoms with van der Waals surface area (Å²) < 4.78 is 5.12. The molecule has 2 rings (SSSR count). The van der Waals surface area contributed by atoms with Gasteiger partial charge in [-0.2, -0.15) is 0 Å². The number of carbonyl (C=O) groups is 1. The molecule has 20 heavy (non-hydrogen) atoms. The van der Waals surface area contributed by atoms with Crippen LogP contribution in [0.5, 0.6) is 0 Å². The molecule has 0 saturated carbocycles. The summed E-state index contributed by atoms with van der Waals surface area (Å²) in [5, 5.41) is 12.8. The summed E-state index contributed by atoms with van der Waals surface area (Å²) in [5.74, 6) is -0.448. The van der Waals surface area contributed by atoms with Gasteiger partial charge in [0.1, 0.15) is 5.60 Å². The SMILES string of the molecule is C=C[C@@H](OC(C)=O)[C@](C)(O)c1ccc2ccccc2c1. The molecule has 3 heteroatoms. The maximum Gasteiger partial charge on any atom is 0.303 e. The van der Waals surface area contributed by atoms with Gasteiger partial charge in [0.15, 0.2) is 6.10 Å². The molecule has 0 aliphatic carbocycles. The molecule has 0 aliphatic heterocycles. The average molecular weight is 270 g/mol. The van der Waals surface area contributed by atoms with Crippen molar-refractivity contribution in [3.05, 3.63) is 60.7 Å². The van der Waals surface area contributed by atoms with Crippen LogP contribution in [0.3, 0.4) is 0 Å². The lowest BCUT2D eigenvalue weighted by molar-refractivity contribution is -0.156. The Morgan fingerprint density at radius 3 is 2.55 bits per heavy atom. The van der Waals surface area contributed by atoms with Gasteiger partial charge in [-0.3, -0.25) is 4.79 Å². The van der Waals surface area contributed by atoms with Crippen LogP contribution in [0.1, 0.15) is 19.4 Å². The van der Waals surface area contributed by atoms with E-state index in [9.17, 15) is 9.90 Å². The second kappa shape index (κ2) is 5.47. The van der Waals surface area contributed by atoms with Crippen molar-refractivity contribution in [2.45, 2.75) is 25.6 Å². The summed E-state index contributed by atoms with van der Waals surface area (Å²) in [5.41, 5.74) is -0.639. The number of rotatable bonds is 4.